The Bertz CT molecular complexity index is 623. The van der Waals surface area contributed by atoms with E-state index in [9.17, 15) is 18.3 Å². The van der Waals surface area contributed by atoms with E-state index in [2.05, 4.69) is 4.72 Å². The van der Waals surface area contributed by atoms with Gasteiger partial charge in [-0.2, -0.15) is 0 Å². The summed E-state index contributed by atoms with van der Waals surface area (Å²) in [7, 11) is -3.60. The molecule has 5 nitrogen and oxygen atoms in total. The van der Waals surface area contributed by atoms with E-state index in [1.54, 1.807) is 20.8 Å². The van der Waals surface area contributed by atoms with Crippen molar-refractivity contribution in [2.24, 2.45) is 0 Å². The minimum absolute atomic E-state index is 0.130. The van der Waals surface area contributed by atoms with E-state index in [0.717, 1.165) is 23.3 Å². The van der Waals surface area contributed by atoms with Crippen LogP contribution in [-0.2, 0) is 22.9 Å². The van der Waals surface area contributed by atoms with E-state index in [1.807, 2.05) is 0 Å². The molecule has 0 aromatic carbocycles. The first-order valence-electron chi connectivity index (χ1n) is 6.03. The zero-order valence-electron chi connectivity index (χ0n) is 11.1. The van der Waals surface area contributed by atoms with Crippen LogP contribution in [0.2, 0.25) is 0 Å². The largest absolute Gasteiger partial charge is 0.478 e. The van der Waals surface area contributed by atoms with Crippen molar-refractivity contribution in [2.75, 3.05) is 4.72 Å². The Balaban J connectivity index is 2.45. The molecule has 0 radical (unpaired) electrons. The molecule has 0 atom stereocenters. The Hall–Kier alpha value is -1.08. The number of thiophene rings is 1. The van der Waals surface area contributed by atoms with Crippen LogP contribution >= 0.6 is 11.3 Å². The smallest absolute Gasteiger partial charge is 0.339 e. The first-order chi connectivity index (χ1) is 8.63. The number of hydrogen-bond donors (Lipinski definition) is 2. The quantitative estimate of drug-likeness (QED) is 0.898. The molecule has 19 heavy (non-hydrogen) atoms. The van der Waals surface area contributed by atoms with Crippen LogP contribution in [0.4, 0.5) is 5.00 Å². The molecular weight excluding hydrogens is 286 g/mol. The fraction of sp³-hybridized carbons (Fsp3) is 0.583. The summed E-state index contributed by atoms with van der Waals surface area (Å²) in [5, 5.41) is 9.53. The molecule has 0 unspecified atom stereocenters. The van der Waals surface area contributed by atoms with Crippen molar-refractivity contribution in [1.29, 1.82) is 0 Å². The summed E-state index contributed by atoms with van der Waals surface area (Å²) in [5.74, 6) is -1.06. The molecule has 1 heterocycles. The first kappa shape index (κ1) is 14.3. The standard InChI is InChI=1S/C12H17NO4S2/c1-12(2,3)19(16,17)13-10-9(11(14)15)7-5-4-6-8(7)18-10/h13H,4-6H2,1-3H3,(H,14,15). The van der Waals surface area contributed by atoms with E-state index in [-0.39, 0.29) is 10.6 Å². The number of carbonyl (C=O) groups is 1. The monoisotopic (exact) mass is 303 g/mol. The first-order valence-corrected chi connectivity index (χ1v) is 8.33. The zero-order valence-corrected chi connectivity index (χ0v) is 12.7. The van der Waals surface area contributed by atoms with E-state index in [4.69, 9.17) is 0 Å². The van der Waals surface area contributed by atoms with Gasteiger partial charge in [0.25, 0.3) is 0 Å². The average Bonchev–Trinajstić information content (AvgIpc) is 2.73. The maximum atomic E-state index is 12.1. The summed E-state index contributed by atoms with van der Waals surface area (Å²) >= 11 is 1.25. The predicted molar refractivity (Wildman–Crippen MR) is 75.6 cm³/mol. The van der Waals surface area contributed by atoms with Crippen LogP contribution in [0.15, 0.2) is 0 Å². The predicted octanol–water partition coefficient (Wildman–Crippen LogP) is 2.48. The number of rotatable bonds is 3. The number of carboxylic acids is 1. The molecule has 0 spiro atoms. The van der Waals surface area contributed by atoms with Crippen LogP contribution < -0.4 is 4.72 Å². The van der Waals surface area contributed by atoms with Crippen LogP contribution in [0, 0.1) is 0 Å². The molecule has 1 aliphatic rings. The Morgan fingerprint density at radius 2 is 1.95 bits per heavy atom. The van der Waals surface area contributed by atoms with Crippen molar-refractivity contribution in [1.82, 2.24) is 0 Å². The number of sulfonamides is 1. The topological polar surface area (TPSA) is 83.5 Å². The highest BCUT2D eigenvalue weighted by atomic mass is 32.2. The van der Waals surface area contributed by atoms with Crippen molar-refractivity contribution in [3.05, 3.63) is 16.0 Å². The molecule has 0 amide bonds. The SMILES string of the molecule is CC(C)(C)S(=O)(=O)Nc1sc2c(c1C(=O)O)CCC2. The van der Waals surface area contributed by atoms with Gasteiger partial charge in [0.1, 0.15) is 5.00 Å². The average molecular weight is 303 g/mol. The van der Waals surface area contributed by atoms with Gasteiger partial charge in [0.15, 0.2) is 0 Å². The summed E-state index contributed by atoms with van der Waals surface area (Å²) in [6.07, 6.45) is 2.48. The lowest BCUT2D eigenvalue weighted by Gasteiger charge is -2.20. The van der Waals surface area contributed by atoms with Crippen LogP contribution in [0.5, 0.6) is 0 Å². The molecule has 1 aromatic rings. The molecule has 0 saturated carbocycles. The summed E-state index contributed by atoms with van der Waals surface area (Å²) in [5.41, 5.74) is 0.925. The number of aryl methyl sites for hydroxylation is 1. The molecule has 0 bridgehead atoms. The van der Waals surface area contributed by atoms with E-state index in [1.165, 1.54) is 11.3 Å². The Kier molecular flexibility index (Phi) is 3.38. The lowest BCUT2D eigenvalue weighted by atomic mass is 10.1. The number of fused-ring (bicyclic) bond motifs is 1. The fourth-order valence-corrected chi connectivity index (χ4v) is 4.26. The summed E-state index contributed by atoms with van der Waals surface area (Å²) in [6, 6.07) is 0. The van der Waals surface area contributed by atoms with Crippen LogP contribution in [0.3, 0.4) is 0 Å². The van der Waals surface area contributed by atoms with Crippen molar-refractivity contribution in [2.45, 2.75) is 44.8 Å². The Morgan fingerprint density at radius 3 is 2.47 bits per heavy atom. The van der Waals surface area contributed by atoms with Gasteiger partial charge in [-0.25, -0.2) is 13.2 Å². The second-order valence-corrected chi connectivity index (χ2v) is 9.13. The van der Waals surface area contributed by atoms with Crippen LogP contribution in [0.1, 0.15) is 48.0 Å². The van der Waals surface area contributed by atoms with Gasteiger partial charge in [0.05, 0.1) is 10.3 Å². The third-order valence-corrected chi connectivity index (χ3v) is 6.59. The number of aromatic carboxylic acids is 1. The number of carboxylic acid groups (broad SMARTS) is 1. The second-order valence-electron chi connectivity index (χ2n) is 5.58. The molecular formula is C12H17NO4S2. The van der Waals surface area contributed by atoms with Gasteiger partial charge < -0.3 is 5.11 Å². The number of anilines is 1. The van der Waals surface area contributed by atoms with Gasteiger partial charge in [-0.15, -0.1) is 11.3 Å². The van der Waals surface area contributed by atoms with Gasteiger partial charge >= 0.3 is 5.97 Å². The minimum Gasteiger partial charge on any atom is -0.478 e. The maximum absolute atomic E-state index is 12.1. The van der Waals surface area contributed by atoms with Crippen LogP contribution in [0.25, 0.3) is 0 Å². The van der Waals surface area contributed by atoms with E-state index in [0.29, 0.717) is 6.42 Å². The molecule has 0 saturated heterocycles. The molecule has 1 aliphatic carbocycles. The lowest BCUT2D eigenvalue weighted by Crippen LogP contribution is -2.33. The lowest BCUT2D eigenvalue weighted by molar-refractivity contribution is 0.0697. The highest BCUT2D eigenvalue weighted by Gasteiger charge is 2.33. The molecule has 2 N–H and O–H groups in total. The van der Waals surface area contributed by atoms with Crippen molar-refractivity contribution < 1.29 is 18.3 Å². The van der Waals surface area contributed by atoms with Crippen LogP contribution in [-0.4, -0.2) is 24.2 Å². The minimum atomic E-state index is -3.60. The molecule has 106 valence electrons. The normalized spacial score (nSPS) is 15.3. The molecule has 0 aliphatic heterocycles. The molecule has 0 fully saturated rings. The summed E-state index contributed by atoms with van der Waals surface area (Å²) < 4.78 is 25.7. The second kappa shape index (κ2) is 4.49. The van der Waals surface area contributed by atoms with E-state index < -0.39 is 20.7 Å². The Morgan fingerprint density at radius 1 is 1.32 bits per heavy atom. The maximum Gasteiger partial charge on any atom is 0.339 e. The van der Waals surface area contributed by atoms with Gasteiger partial charge in [-0.05, 0) is 45.6 Å². The van der Waals surface area contributed by atoms with Gasteiger partial charge in [0.2, 0.25) is 10.0 Å². The van der Waals surface area contributed by atoms with Crippen molar-refractivity contribution >= 4 is 32.3 Å². The number of hydrogen-bond acceptors (Lipinski definition) is 4. The van der Waals surface area contributed by atoms with Crippen molar-refractivity contribution in [3.8, 4) is 0 Å². The summed E-state index contributed by atoms with van der Waals surface area (Å²) in [6.45, 7) is 4.74. The third-order valence-electron chi connectivity index (χ3n) is 3.17. The Labute approximate surface area is 116 Å². The fourth-order valence-electron chi connectivity index (χ4n) is 1.98. The highest BCUT2D eigenvalue weighted by molar-refractivity contribution is 7.94. The number of nitrogens with one attached hydrogen (secondary N) is 1. The zero-order chi connectivity index (χ0) is 14.4. The summed E-state index contributed by atoms with van der Waals surface area (Å²) in [4.78, 5) is 12.3. The van der Waals surface area contributed by atoms with Gasteiger partial charge in [0, 0.05) is 4.88 Å². The highest BCUT2D eigenvalue weighted by Crippen LogP contribution is 2.40. The molecule has 7 heteroatoms. The molecule has 2 rings (SSSR count). The third kappa shape index (κ3) is 2.49. The molecule has 1 aromatic heterocycles. The van der Waals surface area contributed by atoms with Crippen molar-refractivity contribution in [3.63, 3.8) is 0 Å². The van der Waals surface area contributed by atoms with Gasteiger partial charge in [-0.3, -0.25) is 4.72 Å². The van der Waals surface area contributed by atoms with Gasteiger partial charge in [-0.1, -0.05) is 0 Å². The van der Waals surface area contributed by atoms with E-state index >= 15 is 0 Å².